The number of hydrogen-bond acceptors (Lipinski definition) is 2. The van der Waals surface area contributed by atoms with Gasteiger partial charge in [-0.25, -0.2) is 4.79 Å². The van der Waals surface area contributed by atoms with Crippen molar-refractivity contribution < 1.29 is 14.7 Å². The standard InChI is InChI=1S/C17H23NO3/c1-3-4-7-15(17(20)21)18-16(19)8-5-6-14-11-9-13(2)10-12-14/h3,9-12,15H,1,4-8H2,2H3,(H,18,19)(H,20,21). The summed E-state index contributed by atoms with van der Waals surface area (Å²) in [7, 11) is 0. The van der Waals surface area contributed by atoms with Gasteiger partial charge in [0.25, 0.3) is 0 Å². The predicted octanol–water partition coefficient (Wildman–Crippen LogP) is 2.85. The Hall–Kier alpha value is -2.10. The van der Waals surface area contributed by atoms with E-state index in [0.717, 1.165) is 6.42 Å². The van der Waals surface area contributed by atoms with Gasteiger partial charge in [-0.05, 0) is 38.2 Å². The summed E-state index contributed by atoms with van der Waals surface area (Å²) in [4.78, 5) is 22.8. The summed E-state index contributed by atoms with van der Waals surface area (Å²) in [6, 6.07) is 7.38. The zero-order valence-corrected chi connectivity index (χ0v) is 12.5. The van der Waals surface area contributed by atoms with Crippen molar-refractivity contribution in [1.29, 1.82) is 0 Å². The fraction of sp³-hybridized carbons (Fsp3) is 0.412. The summed E-state index contributed by atoms with van der Waals surface area (Å²) in [6.45, 7) is 5.59. The smallest absolute Gasteiger partial charge is 0.326 e. The van der Waals surface area contributed by atoms with Gasteiger partial charge in [0.15, 0.2) is 0 Å². The lowest BCUT2D eigenvalue weighted by Gasteiger charge is -2.13. The number of allylic oxidation sites excluding steroid dienone is 1. The Morgan fingerprint density at radius 1 is 1.33 bits per heavy atom. The number of aliphatic carboxylic acids is 1. The largest absolute Gasteiger partial charge is 0.480 e. The summed E-state index contributed by atoms with van der Waals surface area (Å²) in [5, 5.41) is 11.6. The molecule has 0 spiro atoms. The van der Waals surface area contributed by atoms with Gasteiger partial charge in [0.2, 0.25) is 5.91 Å². The van der Waals surface area contributed by atoms with E-state index < -0.39 is 12.0 Å². The minimum Gasteiger partial charge on any atom is -0.480 e. The highest BCUT2D eigenvalue weighted by Gasteiger charge is 2.18. The predicted molar refractivity (Wildman–Crippen MR) is 83.1 cm³/mol. The van der Waals surface area contributed by atoms with Crippen LogP contribution in [0.25, 0.3) is 0 Å². The molecule has 114 valence electrons. The number of amides is 1. The highest BCUT2D eigenvalue weighted by molar-refractivity contribution is 5.83. The van der Waals surface area contributed by atoms with E-state index in [2.05, 4.69) is 24.0 Å². The van der Waals surface area contributed by atoms with Crippen LogP contribution in [0.5, 0.6) is 0 Å². The van der Waals surface area contributed by atoms with Crippen LogP contribution in [0.4, 0.5) is 0 Å². The van der Waals surface area contributed by atoms with Crippen LogP contribution in [0, 0.1) is 6.92 Å². The number of carboxylic acid groups (broad SMARTS) is 1. The molecule has 1 aromatic rings. The Morgan fingerprint density at radius 2 is 2.00 bits per heavy atom. The molecule has 0 aliphatic heterocycles. The highest BCUT2D eigenvalue weighted by atomic mass is 16.4. The maximum absolute atomic E-state index is 11.8. The average Bonchev–Trinajstić information content (AvgIpc) is 2.45. The van der Waals surface area contributed by atoms with Crippen molar-refractivity contribution in [2.45, 2.75) is 45.1 Å². The van der Waals surface area contributed by atoms with Gasteiger partial charge in [0, 0.05) is 6.42 Å². The van der Waals surface area contributed by atoms with Crippen LogP contribution in [0.1, 0.15) is 36.8 Å². The Morgan fingerprint density at radius 3 is 2.57 bits per heavy atom. The molecule has 2 N–H and O–H groups in total. The third kappa shape index (κ3) is 6.75. The number of benzene rings is 1. The molecule has 0 fully saturated rings. The lowest BCUT2D eigenvalue weighted by atomic mass is 10.1. The zero-order valence-electron chi connectivity index (χ0n) is 12.5. The molecule has 0 saturated heterocycles. The molecule has 0 aliphatic carbocycles. The summed E-state index contributed by atoms with van der Waals surface area (Å²) < 4.78 is 0. The Bertz CT molecular complexity index is 479. The minimum absolute atomic E-state index is 0.210. The van der Waals surface area contributed by atoms with Crippen molar-refractivity contribution in [3.05, 3.63) is 48.0 Å². The van der Waals surface area contributed by atoms with Gasteiger partial charge in [0.05, 0.1) is 0 Å². The molecule has 1 amide bonds. The van der Waals surface area contributed by atoms with E-state index in [9.17, 15) is 9.59 Å². The summed E-state index contributed by atoms with van der Waals surface area (Å²) >= 11 is 0. The second kappa shape index (κ2) is 8.95. The van der Waals surface area contributed by atoms with Crippen molar-refractivity contribution in [3.63, 3.8) is 0 Å². The van der Waals surface area contributed by atoms with E-state index in [4.69, 9.17) is 5.11 Å². The van der Waals surface area contributed by atoms with E-state index >= 15 is 0 Å². The molecule has 4 heteroatoms. The van der Waals surface area contributed by atoms with Crippen LogP contribution in [0.3, 0.4) is 0 Å². The number of aryl methyl sites for hydroxylation is 2. The molecule has 1 aromatic carbocycles. The third-order valence-corrected chi connectivity index (χ3v) is 3.28. The van der Waals surface area contributed by atoms with E-state index in [1.54, 1.807) is 6.08 Å². The first-order valence-corrected chi connectivity index (χ1v) is 7.21. The quantitative estimate of drug-likeness (QED) is 0.687. The third-order valence-electron chi connectivity index (χ3n) is 3.28. The van der Waals surface area contributed by atoms with Crippen LogP contribution in [0.2, 0.25) is 0 Å². The first-order valence-electron chi connectivity index (χ1n) is 7.21. The fourth-order valence-corrected chi connectivity index (χ4v) is 2.02. The molecule has 21 heavy (non-hydrogen) atoms. The second-order valence-corrected chi connectivity index (χ2v) is 5.16. The molecule has 1 atom stereocenters. The molecule has 1 unspecified atom stereocenters. The molecule has 1 rings (SSSR count). The normalized spacial score (nSPS) is 11.7. The number of nitrogens with one attached hydrogen (secondary N) is 1. The Balaban J connectivity index is 2.33. The molecule has 0 aromatic heterocycles. The highest BCUT2D eigenvalue weighted by Crippen LogP contribution is 2.07. The van der Waals surface area contributed by atoms with E-state index in [0.29, 0.717) is 25.7 Å². The maximum atomic E-state index is 11.8. The Kier molecular flexibility index (Phi) is 7.23. The molecule has 4 nitrogen and oxygen atoms in total. The van der Waals surface area contributed by atoms with E-state index in [1.165, 1.54) is 11.1 Å². The molecule has 0 radical (unpaired) electrons. The van der Waals surface area contributed by atoms with Crippen LogP contribution in [0.15, 0.2) is 36.9 Å². The molecule has 0 aliphatic rings. The van der Waals surface area contributed by atoms with Crippen LogP contribution < -0.4 is 5.32 Å². The zero-order chi connectivity index (χ0) is 15.7. The van der Waals surface area contributed by atoms with Crippen molar-refractivity contribution in [3.8, 4) is 0 Å². The summed E-state index contributed by atoms with van der Waals surface area (Å²) in [5.74, 6) is -1.21. The van der Waals surface area contributed by atoms with Gasteiger partial charge in [-0.15, -0.1) is 6.58 Å². The van der Waals surface area contributed by atoms with Crippen LogP contribution >= 0.6 is 0 Å². The number of carboxylic acids is 1. The molecule has 0 heterocycles. The van der Waals surface area contributed by atoms with E-state index in [-0.39, 0.29) is 5.91 Å². The van der Waals surface area contributed by atoms with Crippen LogP contribution in [-0.2, 0) is 16.0 Å². The lowest BCUT2D eigenvalue weighted by Crippen LogP contribution is -2.40. The van der Waals surface area contributed by atoms with E-state index in [1.807, 2.05) is 19.1 Å². The number of hydrogen-bond donors (Lipinski definition) is 2. The summed E-state index contributed by atoms with van der Waals surface area (Å²) in [6.07, 6.45) is 4.47. The second-order valence-electron chi connectivity index (χ2n) is 5.16. The monoisotopic (exact) mass is 289 g/mol. The van der Waals surface area contributed by atoms with Gasteiger partial charge in [-0.2, -0.15) is 0 Å². The van der Waals surface area contributed by atoms with Gasteiger partial charge in [0.1, 0.15) is 6.04 Å². The topological polar surface area (TPSA) is 66.4 Å². The van der Waals surface area contributed by atoms with Gasteiger partial charge in [-0.3, -0.25) is 4.79 Å². The molecular formula is C17H23NO3. The number of carbonyl (C=O) groups excluding carboxylic acids is 1. The van der Waals surface area contributed by atoms with Gasteiger partial charge in [-0.1, -0.05) is 35.9 Å². The van der Waals surface area contributed by atoms with Crippen molar-refractivity contribution in [2.24, 2.45) is 0 Å². The number of carbonyl (C=O) groups is 2. The maximum Gasteiger partial charge on any atom is 0.326 e. The molecular weight excluding hydrogens is 266 g/mol. The lowest BCUT2D eigenvalue weighted by molar-refractivity contribution is -0.142. The first-order chi connectivity index (χ1) is 10.0. The first kappa shape index (κ1) is 17.0. The van der Waals surface area contributed by atoms with Crippen LogP contribution in [-0.4, -0.2) is 23.0 Å². The molecule has 0 saturated carbocycles. The molecule has 0 bridgehead atoms. The fourth-order valence-electron chi connectivity index (χ4n) is 2.02. The number of rotatable bonds is 9. The minimum atomic E-state index is -0.997. The Labute approximate surface area is 125 Å². The van der Waals surface area contributed by atoms with Gasteiger partial charge < -0.3 is 10.4 Å². The van der Waals surface area contributed by atoms with Crippen molar-refractivity contribution in [2.75, 3.05) is 0 Å². The van der Waals surface area contributed by atoms with Crippen molar-refractivity contribution in [1.82, 2.24) is 5.32 Å². The van der Waals surface area contributed by atoms with Crippen molar-refractivity contribution >= 4 is 11.9 Å². The van der Waals surface area contributed by atoms with Gasteiger partial charge >= 0.3 is 5.97 Å². The SMILES string of the molecule is C=CCCC(NC(=O)CCCc1ccc(C)cc1)C(=O)O. The summed E-state index contributed by atoms with van der Waals surface area (Å²) in [5.41, 5.74) is 2.40. The average molecular weight is 289 g/mol.